The Balaban J connectivity index is 1.60. The Hall–Kier alpha value is -2.76. The molecule has 1 aliphatic rings. The minimum atomic E-state index is -0.594. The van der Waals surface area contributed by atoms with Crippen LogP contribution in [0.5, 0.6) is 0 Å². The van der Waals surface area contributed by atoms with Crippen molar-refractivity contribution in [3.63, 3.8) is 0 Å². The minimum Gasteiger partial charge on any atom is -0.344 e. The third-order valence-corrected chi connectivity index (χ3v) is 3.96. The zero-order chi connectivity index (χ0) is 17.1. The van der Waals surface area contributed by atoms with E-state index < -0.39 is 6.04 Å². The Morgan fingerprint density at radius 2 is 1.62 bits per heavy atom. The Bertz CT molecular complexity index is 745. The molecule has 1 aliphatic heterocycles. The van der Waals surface area contributed by atoms with Gasteiger partial charge in [0, 0.05) is 12.2 Å². The lowest BCUT2D eigenvalue weighted by Gasteiger charge is -2.17. The van der Waals surface area contributed by atoms with E-state index in [2.05, 4.69) is 5.32 Å². The molecule has 0 aromatic heterocycles. The fourth-order valence-corrected chi connectivity index (χ4v) is 2.72. The van der Waals surface area contributed by atoms with E-state index in [0.29, 0.717) is 24.2 Å². The first-order valence-corrected chi connectivity index (χ1v) is 7.64. The molecular weight excluding hydrogens is 314 g/mol. The molecule has 24 heavy (non-hydrogen) atoms. The monoisotopic (exact) mass is 330 g/mol. The number of carbonyl (C=O) groups is 2. The van der Waals surface area contributed by atoms with Crippen molar-refractivity contribution in [1.82, 2.24) is 5.32 Å². The molecule has 6 heteroatoms. The van der Waals surface area contributed by atoms with Gasteiger partial charge in [-0.2, -0.15) is 0 Å². The highest BCUT2D eigenvalue weighted by atomic mass is 19.1. The number of amides is 2. The first-order chi connectivity index (χ1) is 11.5. The van der Waals surface area contributed by atoms with Crippen LogP contribution in [0.25, 0.3) is 0 Å². The van der Waals surface area contributed by atoms with Crippen LogP contribution in [0.4, 0.5) is 14.5 Å². The van der Waals surface area contributed by atoms with Gasteiger partial charge in [-0.3, -0.25) is 9.59 Å². The van der Waals surface area contributed by atoms with Gasteiger partial charge >= 0.3 is 0 Å². The molecule has 1 heterocycles. The summed E-state index contributed by atoms with van der Waals surface area (Å²) in [6.07, 6.45) is 0.575. The summed E-state index contributed by atoms with van der Waals surface area (Å²) in [6, 6.07) is 10.7. The maximum absolute atomic E-state index is 13.0. The third-order valence-electron chi connectivity index (χ3n) is 3.96. The van der Waals surface area contributed by atoms with Crippen molar-refractivity contribution >= 4 is 17.5 Å². The number of nitrogens with zero attached hydrogens (tertiary/aromatic N) is 1. The van der Waals surface area contributed by atoms with Crippen molar-refractivity contribution in [2.45, 2.75) is 18.9 Å². The predicted octanol–water partition coefficient (Wildman–Crippen LogP) is 2.43. The van der Waals surface area contributed by atoms with E-state index in [1.807, 2.05) is 0 Å². The fraction of sp³-hybridized carbons (Fsp3) is 0.222. The van der Waals surface area contributed by atoms with Crippen LogP contribution < -0.4 is 10.2 Å². The predicted molar refractivity (Wildman–Crippen MR) is 85.4 cm³/mol. The number of hydrogen-bond acceptors (Lipinski definition) is 2. The molecule has 2 amide bonds. The van der Waals surface area contributed by atoms with Gasteiger partial charge in [-0.05, 0) is 48.4 Å². The number of halogens is 2. The van der Waals surface area contributed by atoms with E-state index in [0.717, 1.165) is 0 Å². The molecule has 2 aromatic rings. The molecule has 1 N–H and O–H groups in total. The summed E-state index contributed by atoms with van der Waals surface area (Å²) in [5.41, 5.74) is 1.28. The molecule has 0 spiro atoms. The van der Waals surface area contributed by atoms with Crippen LogP contribution >= 0.6 is 0 Å². The number of rotatable bonds is 4. The molecule has 1 fully saturated rings. The van der Waals surface area contributed by atoms with Gasteiger partial charge in [0.05, 0.1) is 6.42 Å². The average molecular weight is 330 g/mol. The zero-order valence-electron chi connectivity index (χ0n) is 12.8. The molecular formula is C18H16F2N2O2. The number of anilines is 1. The Morgan fingerprint density at radius 3 is 2.25 bits per heavy atom. The van der Waals surface area contributed by atoms with Crippen molar-refractivity contribution in [1.29, 1.82) is 0 Å². The Morgan fingerprint density at radius 1 is 1.04 bits per heavy atom. The summed E-state index contributed by atoms with van der Waals surface area (Å²) in [6.45, 7) is 0.464. The normalized spacial score (nSPS) is 17.2. The summed E-state index contributed by atoms with van der Waals surface area (Å²) in [5.74, 6) is -1.23. The third kappa shape index (κ3) is 3.59. The lowest BCUT2D eigenvalue weighted by Crippen LogP contribution is -2.42. The van der Waals surface area contributed by atoms with Gasteiger partial charge in [-0.15, -0.1) is 0 Å². The average Bonchev–Trinajstić information content (AvgIpc) is 2.91. The smallest absolute Gasteiger partial charge is 0.249 e. The number of carbonyl (C=O) groups excluding carboxylic acids is 2. The summed E-state index contributed by atoms with van der Waals surface area (Å²) in [7, 11) is 0. The molecule has 0 radical (unpaired) electrons. The van der Waals surface area contributed by atoms with Crippen LogP contribution in [-0.4, -0.2) is 24.4 Å². The van der Waals surface area contributed by atoms with E-state index in [-0.39, 0.29) is 29.9 Å². The number of nitrogens with one attached hydrogen (secondary N) is 1. The molecule has 1 atom stereocenters. The highest BCUT2D eigenvalue weighted by Gasteiger charge is 2.33. The summed E-state index contributed by atoms with van der Waals surface area (Å²) in [5, 5.41) is 2.70. The minimum absolute atomic E-state index is 0.0839. The summed E-state index contributed by atoms with van der Waals surface area (Å²) >= 11 is 0. The van der Waals surface area contributed by atoms with E-state index in [9.17, 15) is 18.4 Å². The van der Waals surface area contributed by atoms with E-state index >= 15 is 0 Å². The maximum atomic E-state index is 13.0. The van der Waals surface area contributed by atoms with Gasteiger partial charge in [-0.25, -0.2) is 8.78 Å². The molecule has 4 nitrogen and oxygen atoms in total. The van der Waals surface area contributed by atoms with Gasteiger partial charge < -0.3 is 10.2 Å². The van der Waals surface area contributed by atoms with Crippen LogP contribution in [0.2, 0.25) is 0 Å². The zero-order valence-corrected chi connectivity index (χ0v) is 12.8. The maximum Gasteiger partial charge on any atom is 0.249 e. The highest BCUT2D eigenvalue weighted by Crippen LogP contribution is 2.22. The van der Waals surface area contributed by atoms with Crippen LogP contribution in [0.3, 0.4) is 0 Å². The first kappa shape index (κ1) is 16.1. The van der Waals surface area contributed by atoms with Crippen molar-refractivity contribution in [3.05, 3.63) is 65.7 Å². The van der Waals surface area contributed by atoms with Crippen molar-refractivity contribution in [3.8, 4) is 0 Å². The van der Waals surface area contributed by atoms with Gasteiger partial charge in [-0.1, -0.05) is 12.1 Å². The van der Waals surface area contributed by atoms with Crippen molar-refractivity contribution in [2.24, 2.45) is 0 Å². The van der Waals surface area contributed by atoms with E-state index in [4.69, 9.17) is 0 Å². The van der Waals surface area contributed by atoms with Crippen LogP contribution in [0.15, 0.2) is 48.5 Å². The molecule has 0 saturated carbocycles. The lowest BCUT2D eigenvalue weighted by molar-refractivity contribution is -0.126. The molecule has 1 saturated heterocycles. The quantitative estimate of drug-likeness (QED) is 0.936. The van der Waals surface area contributed by atoms with Crippen LogP contribution in [0, 0.1) is 11.6 Å². The summed E-state index contributed by atoms with van der Waals surface area (Å²) in [4.78, 5) is 26.0. The van der Waals surface area contributed by atoms with Gasteiger partial charge in [0.25, 0.3) is 0 Å². The van der Waals surface area contributed by atoms with Gasteiger partial charge in [0.2, 0.25) is 11.8 Å². The second-order valence-corrected chi connectivity index (χ2v) is 5.68. The van der Waals surface area contributed by atoms with Crippen LogP contribution in [0.1, 0.15) is 12.0 Å². The van der Waals surface area contributed by atoms with Gasteiger partial charge in [0.1, 0.15) is 17.7 Å². The topological polar surface area (TPSA) is 49.4 Å². The fourth-order valence-electron chi connectivity index (χ4n) is 2.72. The summed E-state index contributed by atoms with van der Waals surface area (Å²) < 4.78 is 25.8. The largest absolute Gasteiger partial charge is 0.344 e. The molecule has 3 rings (SSSR count). The lowest BCUT2D eigenvalue weighted by atomic mass is 10.1. The number of benzene rings is 2. The number of hydrogen-bond donors (Lipinski definition) is 1. The standard InChI is InChI=1S/C18H16F2N2O2/c19-13-3-1-12(2-4-13)11-17(23)21-16-9-10-22(18(16)24)15-7-5-14(20)6-8-15/h1-8,16H,9-11H2,(H,21,23)/t16-/m1/s1. The van der Waals surface area contributed by atoms with Crippen LogP contribution in [-0.2, 0) is 16.0 Å². The second kappa shape index (κ2) is 6.78. The molecule has 0 aliphatic carbocycles. The Kier molecular flexibility index (Phi) is 4.55. The van der Waals surface area contributed by atoms with E-state index in [1.165, 1.54) is 53.4 Å². The molecule has 2 aromatic carbocycles. The van der Waals surface area contributed by atoms with Crippen molar-refractivity contribution in [2.75, 3.05) is 11.4 Å². The van der Waals surface area contributed by atoms with Crippen molar-refractivity contribution < 1.29 is 18.4 Å². The molecule has 0 unspecified atom stereocenters. The molecule has 0 bridgehead atoms. The highest BCUT2D eigenvalue weighted by molar-refractivity contribution is 6.01. The van der Waals surface area contributed by atoms with Gasteiger partial charge in [0.15, 0.2) is 0 Å². The molecule has 124 valence electrons. The Labute approximate surface area is 138 Å². The first-order valence-electron chi connectivity index (χ1n) is 7.64. The second-order valence-electron chi connectivity index (χ2n) is 5.68. The van der Waals surface area contributed by atoms with E-state index in [1.54, 1.807) is 0 Å². The SMILES string of the molecule is O=C(Cc1ccc(F)cc1)N[C@@H]1CCN(c2ccc(F)cc2)C1=O.